The lowest BCUT2D eigenvalue weighted by atomic mass is 10.2. The fourth-order valence-corrected chi connectivity index (χ4v) is 2.11. The molecule has 0 spiro atoms. The van der Waals surface area contributed by atoms with Crippen molar-refractivity contribution in [3.8, 4) is 5.75 Å². The number of nitrogens with zero attached hydrogens (tertiary/aromatic N) is 1. The zero-order valence-electron chi connectivity index (χ0n) is 9.95. The van der Waals surface area contributed by atoms with Gasteiger partial charge in [0.05, 0.1) is 12.0 Å². The molecule has 0 fully saturated rings. The Labute approximate surface area is 109 Å². The van der Waals surface area contributed by atoms with Gasteiger partial charge in [-0.2, -0.15) is 4.40 Å². The van der Waals surface area contributed by atoms with Crippen LogP contribution in [0.5, 0.6) is 5.75 Å². The second-order valence-corrected chi connectivity index (χ2v) is 4.75. The van der Waals surface area contributed by atoms with Crippen molar-refractivity contribution in [3.05, 3.63) is 60.2 Å². The minimum atomic E-state index is -1.38. The minimum absolute atomic E-state index is 0.656. The minimum Gasteiger partial charge on any atom is -0.497 e. The molecule has 92 valence electrons. The zero-order valence-corrected chi connectivity index (χ0v) is 10.8. The molecule has 1 unspecified atom stereocenters. The van der Waals surface area contributed by atoms with Gasteiger partial charge in [0.1, 0.15) is 5.75 Å². The van der Waals surface area contributed by atoms with Gasteiger partial charge < -0.3 is 4.74 Å². The number of rotatable bonds is 4. The molecule has 0 aliphatic heterocycles. The molecule has 1 atom stereocenters. The SMILES string of the molecule is COc1ccc(S(=O)/N=C/c2ccccc2)cc1. The molecule has 0 aromatic heterocycles. The molecule has 0 saturated carbocycles. The molecule has 3 nitrogen and oxygen atoms in total. The summed E-state index contributed by atoms with van der Waals surface area (Å²) in [5.74, 6) is 0.739. The molecule has 2 aromatic carbocycles. The van der Waals surface area contributed by atoms with Gasteiger partial charge in [0, 0.05) is 6.21 Å². The predicted molar refractivity (Wildman–Crippen MR) is 73.4 cm³/mol. The lowest BCUT2D eigenvalue weighted by molar-refractivity contribution is 0.414. The van der Waals surface area contributed by atoms with Gasteiger partial charge in [0.15, 0.2) is 11.0 Å². The third kappa shape index (κ3) is 3.28. The van der Waals surface area contributed by atoms with E-state index < -0.39 is 11.0 Å². The van der Waals surface area contributed by atoms with Gasteiger partial charge in [-0.15, -0.1) is 0 Å². The van der Waals surface area contributed by atoms with E-state index in [1.807, 2.05) is 30.3 Å². The van der Waals surface area contributed by atoms with E-state index in [-0.39, 0.29) is 0 Å². The quantitative estimate of drug-likeness (QED) is 0.792. The molecule has 2 rings (SSSR count). The molecule has 0 saturated heterocycles. The van der Waals surface area contributed by atoms with Crippen LogP contribution in [0.1, 0.15) is 5.56 Å². The van der Waals surface area contributed by atoms with Crippen LogP contribution in [0, 0.1) is 0 Å². The summed E-state index contributed by atoms with van der Waals surface area (Å²) >= 11 is 0. The van der Waals surface area contributed by atoms with E-state index in [9.17, 15) is 4.21 Å². The smallest absolute Gasteiger partial charge is 0.172 e. The van der Waals surface area contributed by atoms with E-state index in [4.69, 9.17) is 4.74 Å². The highest BCUT2D eigenvalue weighted by Crippen LogP contribution is 2.14. The molecule has 2 aromatic rings. The van der Waals surface area contributed by atoms with Crippen LogP contribution < -0.4 is 4.74 Å². The molecule has 18 heavy (non-hydrogen) atoms. The Morgan fingerprint density at radius 2 is 1.72 bits per heavy atom. The Morgan fingerprint density at radius 1 is 1.06 bits per heavy atom. The second kappa shape index (κ2) is 6.12. The van der Waals surface area contributed by atoms with Crippen LogP contribution in [0.25, 0.3) is 0 Å². The number of methoxy groups -OCH3 is 1. The normalized spacial score (nSPS) is 12.5. The Morgan fingerprint density at radius 3 is 2.33 bits per heavy atom. The molecular weight excluding hydrogens is 246 g/mol. The maximum absolute atomic E-state index is 11.9. The van der Waals surface area contributed by atoms with Crippen LogP contribution in [-0.4, -0.2) is 17.5 Å². The van der Waals surface area contributed by atoms with E-state index in [0.29, 0.717) is 4.90 Å². The van der Waals surface area contributed by atoms with Crippen molar-refractivity contribution >= 4 is 17.2 Å². The number of benzene rings is 2. The van der Waals surface area contributed by atoms with Crippen molar-refractivity contribution in [2.45, 2.75) is 4.90 Å². The molecular formula is C14H13NO2S. The first-order valence-corrected chi connectivity index (χ1v) is 6.55. The van der Waals surface area contributed by atoms with Gasteiger partial charge in [0.2, 0.25) is 0 Å². The Kier molecular flexibility index (Phi) is 4.25. The van der Waals surface area contributed by atoms with E-state index in [2.05, 4.69) is 4.40 Å². The van der Waals surface area contributed by atoms with E-state index in [1.165, 1.54) is 0 Å². The summed E-state index contributed by atoms with van der Waals surface area (Å²) < 4.78 is 21.0. The van der Waals surface area contributed by atoms with Crippen LogP contribution in [-0.2, 0) is 11.0 Å². The summed E-state index contributed by atoms with van der Waals surface area (Å²) in [4.78, 5) is 0.656. The molecule has 0 bridgehead atoms. The number of ether oxygens (including phenoxy) is 1. The van der Waals surface area contributed by atoms with Crippen molar-refractivity contribution in [3.63, 3.8) is 0 Å². The van der Waals surface area contributed by atoms with Crippen LogP contribution in [0.3, 0.4) is 0 Å². The van der Waals surface area contributed by atoms with Gasteiger partial charge in [-0.3, -0.25) is 0 Å². The maximum atomic E-state index is 11.9. The highest BCUT2D eigenvalue weighted by Gasteiger charge is 2.01. The van der Waals surface area contributed by atoms with Crippen LogP contribution in [0.2, 0.25) is 0 Å². The lowest BCUT2D eigenvalue weighted by Crippen LogP contribution is -1.89. The van der Waals surface area contributed by atoms with Crippen LogP contribution in [0.15, 0.2) is 63.9 Å². The third-order valence-corrected chi connectivity index (χ3v) is 3.33. The summed E-state index contributed by atoms with van der Waals surface area (Å²) in [6, 6.07) is 16.6. The Balaban J connectivity index is 2.09. The first kappa shape index (κ1) is 12.5. The third-order valence-electron chi connectivity index (χ3n) is 2.36. The van der Waals surface area contributed by atoms with Crippen molar-refractivity contribution < 1.29 is 8.95 Å². The average Bonchev–Trinajstić information content (AvgIpc) is 2.46. The summed E-state index contributed by atoms with van der Waals surface area (Å²) in [6.07, 6.45) is 1.61. The molecule has 0 amide bonds. The van der Waals surface area contributed by atoms with Crippen molar-refractivity contribution in [1.82, 2.24) is 0 Å². The van der Waals surface area contributed by atoms with Crippen LogP contribution in [0.4, 0.5) is 0 Å². The largest absolute Gasteiger partial charge is 0.497 e. The molecule has 0 N–H and O–H groups in total. The zero-order chi connectivity index (χ0) is 12.8. The van der Waals surface area contributed by atoms with Crippen molar-refractivity contribution in [2.24, 2.45) is 4.40 Å². The second-order valence-electron chi connectivity index (χ2n) is 3.57. The van der Waals surface area contributed by atoms with Crippen molar-refractivity contribution in [2.75, 3.05) is 7.11 Å². The van der Waals surface area contributed by atoms with E-state index in [1.54, 1.807) is 37.6 Å². The molecule has 4 heteroatoms. The monoisotopic (exact) mass is 259 g/mol. The average molecular weight is 259 g/mol. The molecule has 0 radical (unpaired) electrons. The fourth-order valence-electron chi connectivity index (χ4n) is 1.40. The van der Waals surface area contributed by atoms with Gasteiger partial charge in [-0.25, -0.2) is 4.21 Å². The molecule has 0 heterocycles. The van der Waals surface area contributed by atoms with Gasteiger partial charge in [-0.1, -0.05) is 30.3 Å². The Hall–Kier alpha value is -1.94. The number of hydrogen-bond donors (Lipinski definition) is 0. The van der Waals surface area contributed by atoms with Crippen molar-refractivity contribution in [1.29, 1.82) is 0 Å². The fraction of sp³-hybridized carbons (Fsp3) is 0.0714. The topological polar surface area (TPSA) is 38.7 Å². The predicted octanol–water partition coefficient (Wildman–Crippen LogP) is 2.84. The first-order chi connectivity index (χ1) is 8.79. The van der Waals surface area contributed by atoms with E-state index in [0.717, 1.165) is 11.3 Å². The highest BCUT2D eigenvalue weighted by molar-refractivity contribution is 7.83. The van der Waals surface area contributed by atoms with Crippen LogP contribution >= 0.6 is 0 Å². The highest BCUT2D eigenvalue weighted by atomic mass is 32.2. The standard InChI is InChI=1S/C14H13NO2S/c1-17-13-7-9-14(10-8-13)18(16)15-11-12-5-3-2-4-6-12/h2-11H,1H3/b15-11+. The van der Waals surface area contributed by atoms with Gasteiger partial charge in [-0.05, 0) is 29.8 Å². The van der Waals surface area contributed by atoms with Gasteiger partial charge in [0.25, 0.3) is 0 Å². The summed E-state index contributed by atoms with van der Waals surface area (Å²) in [7, 11) is 0.216. The summed E-state index contributed by atoms with van der Waals surface area (Å²) in [6.45, 7) is 0. The molecule has 0 aliphatic rings. The lowest BCUT2D eigenvalue weighted by Gasteiger charge is -2.00. The first-order valence-electron chi connectivity index (χ1n) is 5.44. The summed E-state index contributed by atoms with van der Waals surface area (Å²) in [5, 5.41) is 0. The Bertz CT molecular complexity index is 550. The van der Waals surface area contributed by atoms with E-state index >= 15 is 0 Å². The number of hydrogen-bond acceptors (Lipinski definition) is 2. The van der Waals surface area contributed by atoms with Gasteiger partial charge >= 0.3 is 0 Å². The summed E-state index contributed by atoms with van der Waals surface area (Å²) in [5.41, 5.74) is 0.930. The molecule has 0 aliphatic carbocycles. The maximum Gasteiger partial charge on any atom is 0.172 e.